The van der Waals surface area contributed by atoms with Gasteiger partial charge in [-0.25, -0.2) is 4.39 Å². The Morgan fingerprint density at radius 3 is 2.36 bits per heavy atom. The van der Waals surface area contributed by atoms with E-state index >= 15 is 0 Å². The second-order valence-corrected chi connectivity index (χ2v) is 8.04. The molecule has 0 aliphatic carbocycles. The molecule has 1 aromatic heterocycles. The number of nitrogens with zero attached hydrogens (tertiary/aromatic N) is 2. The van der Waals surface area contributed by atoms with Crippen LogP contribution in [0.1, 0.15) is 28.8 Å². The molecule has 168 valence electrons. The average molecular weight is 444 g/mol. The normalized spacial score (nSPS) is 10.8. The van der Waals surface area contributed by atoms with Gasteiger partial charge < -0.3 is 10.1 Å². The van der Waals surface area contributed by atoms with Crippen molar-refractivity contribution in [3.63, 3.8) is 0 Å². The minimum absolute atomic E-state index is 0.161. The number of carbonyl (C=O) groups is 1. The number of aromatic nitrogens is 2. The molecule has 0 fully saturated rings. The van der Waals surface area contributed by atoms with E-state index in [-0.39, 0.29) is 18.1 Å². The van der Waals surface area contributed by atoms with Crippen molar-refractivity contribution in [1.82, 2.24) is 9.78 Å². The Morgan fingerprint density at radius 1 is 0.970 bits per heavy atom. The first kappa shape index (κ1) is 22.3. The van der Waals surface area contributed by atoms with Crippen molar-refractivity contribution >= 4 is 11.6 Å². The van der Waals surface area contributed by atoms with Crippen molar-refractivity contribution < 1.29 is 13.9 Å². The van der Waals surface area contributed by atoms with Crippen LogP contribution < -0.4 is 10.1 Å². The van der Waals surface area contributed by atoms with Gasteiger partial charge in [0.25, 0.3) is 0 Å². The number of amides is 1. The van der Waals surface area contributed by atoms with Gasteiger partial charge in [-0.15, -0.1) is 0 Å². The second kappa shape index (κ2) is 9.69. The molecule has 0 atom stereocenters. The highest BCUT2D eigenvalue weighted by atomic mass is 19.1. The van der Waals surface area contributed by atoms with Crippen LogP contribution in [0.2, 0.25) is 0 Å². The third kappa shape index (κ3) is 5.29. The van der Waals surface area contributed by atoms with E-state index in [1.165, 1.54) is 12.1 Å². The largest absolute Gasteiger partial charge is 0.439 e. The zero-order valence-corrected chi connectivity index (χ0v) is 18.9. The Balaban J connectivity index is 1.62. The number of nitrogens with one attached hydrogen (secondary N) is 1. The molecule has 6 heteroatoms. The summed E-state index contributed by atoms with van der Waals surface area (Å²) in [5.74, 6) is 0.795. The first-order valence-electron chi connectivity index (χ1n) is 10.8. The van der Waals surface area contributed by atoms with Gasteiger partial charge >= 0.3 is 0 Å². The Labute approximate surface area is 192 Å². The van der Waals surface area contributed by atoms with Crippen molar-refractivity contribution in [3.8, 4) is 17.3 Å². The molecule has 3 aromatic carbocycles. The van der Waals surface area contributed by atoms with Crippen LogP contribution in [0, 0.1) is 26.6 Å². The van der Waals surface area contributed by atoms with Crippen molar-refractivity contribution in [1.29, 1.82) is 0 Å². The molecule has 1 N–H and O–H groups in total. The predicted octanol–water partition coefficient (Wildman–Crippen LogP) is 6.30. The van der Waals surface area contributed by atoms with Crippen LogP contribution in [0.25, 0.3) is 5.69 Å². The minimum atomic E-state index is -0.342. The number of hydrogen-bond acceptors (Lipinski definition) is 3. The lowest BCUT2D eigenvalue weighted by Gasteiger charge is -2.13. The minimum Gasteiger partial charge on any atom is -0.439 e. The maximum atomic E-state index is 13.1. The van der Waals surface area contributed by atoms with E-state index in [2.05, 4.69) is 5.32 Å². The smallest absolute Gasteiger partial charge is 0.226 e. The van der Waals surface area contributed by atoms with Gasteiger partial charge in [-0.2, -0.15) is 9.78 Å². The van der Waals surface area contributed by atoms with Gasteiger partial charge in [-0.3, -0.25) is 4.79 Å². The number of aryl methyl sites for hydroxylation is 3. The summed E-state index contributed by atoms with van der Waals surface area (Å²) in [6.45, 7) is 5.97. The van der Waals surface area contributed by atoms with Crippen LogP contribution in [-0.4, -0.2) is 15.7 Å². The molecule has 4 aromatic rings. The molecule has 0 spiro atoms. The summed E-state index contributed by atoms with van der Waals surface area (Å²) in [6.07, 6.45) is 0.688. The van der Waals surface area contributed by atoms with Gasteiger partial charge in [-0.1, -0.05) is 35.9 Å². The SMILES string of the molecule is Cc1ccc(Oc2c(CCC(=O)Nc3ccc(F)cc3)c(C)nn2-c2ccccc2C)cc1. The van der Waals surface area contributed by atoms with Crippen LogP contribution in [-0.2, 0) is 11.2 Å². The molecule has 33 heavy (non-hydrogen) atoms. The fourth-order valence-electron chi connectivity index (χ4n) is 3.61. The van der Waals surface area contributed by atoms with Gasteiger partial charge in [0.15, 0.2) is 0 Å². The molecule has 4 rings (SSSR count). The first-order chi connectivity index (χ1) is 15.9. The quantitative estimate of drug-likeness (QED) is 0.365. The summed E-state index contributed by atoms with van der Waals surface area (Å²) in [5, 5.41) is 7.55. The standard InChI is InChI=1S/C27H26FN3O2/c1-18-8-14-23(15-9-18)33-27-24(16-17-26(32)29-22-12-10-21(28)11-13-22)20(3)30-31(27)25-7-5-4-6-19(25)2/h4-15H,16-17H2,1-3H3,(H,29,32). The van der Waals surface area contributed by atoms with Crippen LogP contribution in [0.5, 0.6) is 11.6 Å². The Bertz CT molecular complexity index is 1260. The van der Waals surface area contributed by atoms with E-state index in [1.807, 2.05) is 69.3 Å². The number of benzene rings is 3. The lowest BCUT2D eigenvalue weighted by Crippen LogP contribution is -2.12. The summed E-state index contributed by atoms with van der Waals surface area (Å²) in [5.41, 5.74) is 5.36. The van der Waals surface area contributed by atoms with Gasteiger partial charge in [0.2, 0.25) is 11.8 Å². The lowest BCUT2D eigenvalue weighted by atomic mass is 10.1. The van der Waals surface area contributed by atoms with E-state index in [9.17, 15) is 9.18 Å². The van der Waals surface area contributed by atoms with Crippen LogP contribution >= 0.6 is 0 Å². The zero-order chi connectivity index (χ0) is 23.4. The fourth-order valence-corrected chi connectivity index (χ4v) is 3.61. The number of hydrogen-bond donors (Lipinski definition) is 1. The van der Waals surface area contributed by atoms with Crippen molar-refractivity contribution in [2.24, 2.45) is 0 Å². The molecular formula is C27H26FN3O2. The molecule has 1 heterocycles. The maximum Gasteiger partial charge on any atom is 0.226 e. The Hall–Kier alpha value is -3.93. The summed E-state index contributed by atoms with van der Waals surface area (Å²) >= 11 is 0. The van der Waals surface area contributed by atoms with E-state index in [0.717, 1.165) is 28.1 Å². The highest BCUT2D eigenvalue weighted by Gasteiger charge is 2.20. The van der Waals surface area contributed by atoms with E-state index < -0.39 is 0 Å². The lowest BCUT2D eigenvalue weighted by molar-refractivity contribution is -0.116. The predicted molar refractivity (Wildman–Crippen MR) is 128 cm³/mol. The highest BCUT2D eigenvalue weighted by Crippen LogP contribution is 2.32. The van der Waals surface area contributed by atoms with E-state index in [0.29, 0.717) is 23.7 Å². The first-order valence-corrected chi connectivity index (χ1v) is 10.8. The number of anilines is 1. The molecule has 0 radical (unpaired) electrons. The van der Waals surface area contributed by atoms with Crippen LogP contribution in [0.15, 0.2) is 72.8 Å². The van der Waals surface area contributed by atoms with Crippen molar-refractivity contribution in [2.45, 2.75) is 33.6 Å². The molecule has 1 amide bonds. The molecular weight excluding hydrogens is 417 g/mol. The number of halogens is 1. The van der Waals surface area contributed by atoms with Crippen molar-refractivity contribution in [3.05, 3.63) is 101 Å². The zero-order valence-electron chi connectivity index (χ0n) is 18.9. The third-order valence-corrected chi connectivity index (χ3v) is 5.45. The molecule has 5 nitrogen and oxygen atoms in total. The Kier molecular flexibility index (Phi) is 6.54. The number of carbonyl (C=O) groups excluding carboxylic acids is 1. The summed E-state index contributed by atoms with van der Waals surface area (Å²) in [6, 6.07) is 21.5. The van der Waals surface area contributed by atoms with Gasteiger partial charge in [0.05, 0.1) is 11.4 Å². The molecule has 0 aliphatic heterocycles. The Morgan fingerprint density at radius 2 is 1.67 bits per heavy atom. The van der Waals surface area contributed by atoms with Crippen molar-refractivity contribution in [2.75, 3.05) is 5.32 Å². The molecule has 0 saturated heterocycles. The van der Waals surface area contributed by atoms with E-state index in [1.54, 1.807) is 16.8 Å². The van der Waals surface area contributed by atoms with Gasteiger partial charge in [0, 0.05) is 17.7 Å². The highest BCUT2D eigenvalue weighted by molar-refractivity contribution is 5.90. The fraction of sp³-hybridized carbons (Fsp3) is 0.185. The van der Waals surface area contributed by atoms with Crippen LogP contribution in [0.3, 0.4) is 0 Å². The third-order valence-electron chi connectivity index (χ3n) is 5.45. The van der Waals surface area contributed by atoms with E-state index in [4.69, 9.17) is 9.84 Å². The maximum absolute atomic E-state index is 13.1. The molecule has 0 bridgehead atoms. The average Bonchev–Trinajstić information content (AvgIpc) is 3.10. The summed E-state index contributed by atoms with van der Waals surface area (Å²) in [7, 11) is 0. The molecule has 0 unspecified atom stereocenters. The second-order valence-electron chi connectivity index (χ2n) is 8.04. The van der Waals surface area contributed by atoms with Gasteiger partial charge in [0.1, 0.15) is 11.6 Å². The number of rotatable bonds is 7. The monoisotopic (exact) mass is 443 g/mol. The topological polar surface area (TPSA) is 56.1 Å². The molecule has 0 aliphatic rings. The van der Waals surface area contributed by atoms with Gasteiger partial charge in [-0.05, 0) is 75.2 Å². The summed E-state index contributed by atoms with van der Waals surface area (Å²) < 4.78 is 21.2. The summed E-state index contributed by atoms with van der Waals surface area (Å²) in [4.78, 5) is 12.5. The van der Waals surface area contributed by atoms with Crippen LogP contribution in [0.4, 0.5) is 10.1 Å². The molecule has 0 saturated carbocycles. The number of ether oxygens (including phenoxy) is 1. The number of para-hydroxylation sites is 1.